The number of halogens is 6. The minimum atomic E-state index is -4.59. The molecule has 0 aromatic heterocycles. The van der Waals surface area contributed by atoms with Gasteiger partial charge in [-0.05, 0) is 100 Å². The second-order valence-electron chi connectivity index (χ2n) is 31.0. The van der Waals surface area contributed by atoms with E-state index in [0.717, 1.165) is 79.9 Å². The summed E-state index contributed by atoms with van der Waals surface area (Å²) >= 11 is 6.38. The molecule has 0 aromatic carbocycles. The van der Waals surface area contributed by atoms with E-state index in [1.54, 1.807) is 32.6 Å². The van der Waals surface area contributed by atoms with E-state index in [0.29, 0.717) is 32.4 Å². The van der Waals surface area contributed by atoms with Crippen LogP contribution in [0.3, 0.4) is 0 Å². The molecule has 0 bridgehead atoms. The summed E-state index contributed by atoms with van der Waals surface area (Å²) in [4.78, 5) is 204. The number of likely N-dealkylation sites (tertiary alicyclic amines) is 2. The molecule has 2 aliphatic carbocycles. The van der Waals surface area contributed by atoms with Gasteiger partial charge in [-0.15, -0.1) is 11.6 Å². The summed E-state index contributed by atoms with van der Waals surface area (Å²) in [6.07, 6.45) is -1.55. The molecule has 13 amide bonds. The van der Waals surface area contributed by atoms with Crippen LogP contribution in [0.25, 0.3) is 0 Å². The molecule has 5 aliphatic rings. The quantitative estimate of drug-likeness (QED) is 0.143. The van der Waals surface area contributed by atoms with Gasteiger partial charge < -0.3 is 64.9 Å². The average molecular weight is 1520 g/mol. The minimum Gasteiger partial charge on any atom is -0.343 e. The van der Waals surface area contributed by atoms with E-state index in [4.69, 9.17) is 11.6 Å². The van der Waals surface area contributed by atoms with Crippen molar-refractivity contribution in [2.24, 2.45) is 35.5 Å². The molecule has 26 nitrogen and oxygen atoms in total. The SMILES string of the molecule is CC[C@@H]1NC(=O)[C@H](CC(=O)N2CCC(F)(F)CC2)N(C)C(=O)[C@H](CCC2CCC(C(F)(F)F)C(Cl)C2)NC(=O)CN(C)C(=O)[C@H](CC2CCCCC2)N(C)C(=O)CN(C)C(=O)CN(C)C(=O)[C@H]([C@@H](C)CC)NC(=O)[C@H](CC(C)C)N(C)C(=O)C[C@@H](C(=O)N2CCCCC2)N(C)C(=O)[C@H](C(C)C)N(C)C1=O. The molecule has 2 saturated carbocycles. The molecule has 3 saturated heterocycles. The largest absolute Gasteiger partial charge is 0.393 e. The number of carbonyl (C=O) groups excluding carboxylic acids is 13. The highest BCUT2D eigenvalue weighted by Gasteiger charge is 2.49. The third kappa shape index (κ3) is 24.5. The lowest BCUT2D eigenvalue weighted by molar-refractivity contribution is -0.182. The van der Waals surface area contributed by atoms with Crippen molar-refractivity contribution >= 4 is 88.4 Å². The van der Waals surface area contributed by atoms with Crippen LogP contribution in [0.2, 0.25) is 0 Å². The summed E-state index contributed by atoms with van der Waals surface area (Å²) in [5.74, 6) is -17.2. The summed E-state index contributed by atoms with van der Waals surface area (Å²) in [5, 5.41) is 6.87. The Morgan fingerprint density at radius 2 is 1.11 bits per heavy atom. The Hall–Kier alpha value is -6.95. The van der Waals surface area contributed by atoms with Gasteiger partial charge in [-0.2, -0.15) is 13.2 Å². The molecule has 5 rings (SSSR count). The van der Waals surface area contributed by atoms with E-state index in [9.17, 15) is 65.1 Å². The van der Waals surface area contributed by atoms with Crippen LogP contribution < -0.4 is 16.0 Å². The third-order valence-corrected chi connectivity index (χ3v) is 22.8. The summed E-state index contributed by atoms with van der Waals surface area (Å²) in [7, 11) is 10.6. The molecule has 3 N–H and O–H groups in total. The summed E-state index contributed by atoms with van der Waals surface area (Å²) in [5.41, 5.74) is 0. The molecule has 3 heterocycles. The van der Waals surface area contributed by atoms with E-state index in [1.807, 2.05) is 13.8 Å². The zero-order valence-corrected chi connectivity index (χ0v) is 65.3. The van der Waals surface area contributed by atoms with Gasteiger partial charge in [0.1, 0.15) is 48.3 Å². The Morgan fingerprint density at radius 3 is 1.68 bits per heavy atom. The molecular weight excluding hydrogens is 1400 g/mol. The van der Waals surface area contributed by atoms with Gasteiger partial charge in [-0.25, -0.2) is 8.78 Å². The number of carbonyl (C=O) groups is 13. The first-order valence-electron chi connectivity index (χ1n) is 37.7. The molecule has 596 valence electrons. The standard InChI is InChI=1S/C73H119ClF5N13O13/c1-16-46(7)62-70(104)85(10)42-60(96)83(8)43-61(97)87(12)55(38-47-24-20-18-21-25-47)68(102)84(9)41-57(93)80-52(29-27-48-26-28-49(50(74)37-48)73(77,78)79)67(101)88(13)54(39-59(95)91-34-30-72(75,76)31-35-91)64(98)81-51(17-2)66(100)90(15)63(45(5)6)71(105)89(14)56(69(103)92-32-22-19-23-33-92)40-58(94)86(11)53(36-44(3)4)65(99)82-62/h44-56,62-63H,16-43H2,1-15H3,(H,80,93)(H,81,98)(H,82,99)/t46-,48?,49?,50?,51-,52-,53-,54-,55-,56-,62-,63-/m0/s1. The molecule has 0 spiro atoms. The predicted molar refractivity (Wildman–Crippen MR) is 383 cm³/mol. The van der Waals surface area contributed by atoms with Gasteiger partial charge >= 0.3 is 6.18 Å². The maximum absolute atomic E-state index is 15.4. The van der Waals surface area contributed by atoms with Crippen LogP contribution in [0, 0.1) is 35.5 Å². The molecule has 105 heavy (non-hydrogen) atoms. The number of likely N-dealkylation sites (N-methyl/N-ethyl adjacent to an activating group) is 8. The van der Waals surface area contributed by atoms with E-state index >= 15 is 19.2 Å². The van der Waals surface area contributed by atoms with Crippen molar-refractivity contribution in [3.63, 3.8) is 0 Å². The maximum atomic E-state index is 15.4. The van der Waals surface area contributed by atoms with Crippen molar-refractivity contribution in [2.45, 2.75) is 249 Å². The molecule has 12 atom stereocenters. The number of rotatable bonds is 14. The predicted octanol–water partition coefficient (Wildman–Crippen LogP) is 5.51. The zero-order chi connectivity index (χ0) is 78.9. The lowest BCUT2D eigenvalue weighted by Gasteiger charge is -2.40. The molecule has 3 unspecified atom stereocenters. The number of nitrogens with zero attached hydrogens (tertiary/aromatic N) is 10. The Morgan fingerprint density at radius 1 is 0.552 bits per heavy atom. The first-order chi connectivity index (χ1) is 49.0. The minimum absolute atomic E-state index is 0.00451. The summed E-state index contributed by atoms with van der Waals surface area (Å²) in [6.45, 7) is 9.90. The van der Waals surface area contributed by atoms with E-state index < -0.39 is 225 Å². The van der Waals surface area contributed by atoms with E-state index in [-0.39, 0.29) is 63.2 Å². The molecule has 0 aromatic rings. The summed E-state index contributed by atoms with van der Waals surface area (Å²) < 4.78 is 71.3. The van der Waals surface area contributed by atoms with Gasteiger partial charge in [-0.1, -0.05) is 87.0 Å². The number of alkyl halides is 6. The maximum Gasteiger partial charge on any atom is 0.393 e. The highest BCUT2D eigenvalue weighted by atomic mass is 35.5. The molecule has 5 fully saturated rings. The van der Waals surface area contributed by atoms with Crippen LogP contribution in [0.1, 0.15) is 183 Å². The van der Waals surface area contributed by atoms with E-state index in [1.165, 1.54) is 66.1 Å². The van der Waals surface area contributed by atoms with Gasteiger partial charge in [-0.3, -0.25) is 62.3 Å². The fourth-order valence-electron chi connectivity index (χ4n) is 15.1. The van der Waals surface area contributed by atoms with Gasteiger partial charge in [0.2, 0.25) is 76.8 Å². The highest BCUT2D eigenvalue weighted by Crippen LogP contribution is 2.44. The van der Waals surface area contributed by atoms with Crippen molar-refractivity contribution in [3.05, 3.63) is 0 Å². The normalized spacial score (nSPS) is 28.7. The number of hydrogen-bond donors (Lipinski definition) is 3. The van der Waals surface area contributed by atoms with Crippen molar-refractivity contribution in [1.82, 2.24) is 64.9 Å². The Kier molecular flexibility index (Phi) is 33.6. The molecule has 0 radical (unpaired) electrons. The van der Waals surface area contributed by atoms with Crippen LogP contribution in [-0.4, -0.2) is 294 Å². The number of nitrogens with one attached hydrogen (secondary N) is 3. The van der Waals surface area contributed by atoms with Gasteiger partial charge in [0.25, 0.3) is 5.92 Å². The molecule has 32 heteroatoms. The van der Waals surface area contributed by atoms with Crippen LogP contribution >= 0.6 is 11.6 Å². The first kappa shape index (κ1) is 88.7. The van der Waals surface area contributed by atoms with Gasteiger partial charge in [0.15, 0.2) is 0 Å². The topological polar surface area (TPSA) is 290 Å². The highest BCUT2D eigenvalue weighted by molar-refractivity contribution is 6.21. The lowest BCUT2D eigenvalue weighted by atomic mass is 9.78. The molecule has 3 aliphatic heterocycles. The second kappa shape index (κ2) is 39.8. The number of piperidine rings is 2. The third-order valence-electron chi connectivity index (χ3n) is 22.3. The Balaban J connectivity index is 1.65. The first-order valence-corrected chi connectivity index (χ1v) is 38.1. The monoisotopic (exact) mass is 1520 g/mol. The number of hydrogen-bond acceptors (Lipinski definition) is 13. The van der Waals surface area contributed by atoms with Gasteiger partial charge in [0.05, 0.1) is 38.4 Å². The van der Waals surface area contributed by atoms with E-state index in [2.05, 4.69) is 16.0 Å². The zero-order valence-electron chi connectivity index (χ0n) is 64.5. The second-order valence-corrected chi connectivity index (χ2v) is 31.6. The Bertz CT molecular complexity index is 3040. The summed E-state index contributed by atoms with van der Waals surface area (Å²) in [6, 6.07) is -11.6. The van der Waals surface area contributed by atoms with Crippen LogP contribution in [0.5, 0.6) is 0 Å². The fourth-order valence-corrected chi connectivity index (χ4v) is 15.6. The smallest absolute Gasteiger partial charge is 0.343 e. The van der Waals surface area contributed by atoms with Crippen molar-refractivity contribution in [3.8, 4) is 0 Å². The fraction of sp³-hybridized carbons (Fsp3) is 0.822. The van der Waals surface area contributed by atoms with Gasteiger partial charge in [0, 0.05) is 101 Å². The van der Waals surface area contributed by atoms with Crippen molar-refractivity contribution in [1.29, 1.82) is 0 Å². The van der Waals surface area contributed by atoms with Crippen LogP contribution in [-0.2, 0) is 62.3 Å². The van der Waals surface area contributed by atoms with Crippen molar-refractivity contribution < 1.29 is 84.3 Å². The Labute approximate surface area is 621 Å². The van der Waals surface area contributed by atoms with Crippen LogP contribution in [0.15, 0.2) is 0 Å². The lowest BCUT2D eigenvalue weighted by Crippen LogP contribution is -2.61. The molecular formula is C73H119ClF5N13O13. The van der Waals surface area contributed by atoms with Crippen molar-refractivity contribution in [2.75, 3.05) is 102 Å². The average Bonchev–Trinajstić information content (AvgIpc) is 0.811. The number of amides is 13. The van der Waals surface area contributed by atoms with Crippen LogP contribution in [0.4, 0.5) is 22.0 Å².